The summed E-state index contributed by atoms with van der Waals surface area (Å²) in [4.78, 5) is 28.6. The van der Waals surface area contributed by atoms with Gasteiger partial charge in [-0.15, -0.1) is 11.6 Å². The minimum absolute atomic E-state index is 0.0428. The molecule has 0 aliphatic rings. The molecule has 1 heterocycles. The first kappa shape index (κ1) is 26.7. The zero-order valence-corrected chi connectivity index (χ0v) is 21.3. The van der Waals surface area contributed by atoms with Gasteiger partial charge in [0.15, 0.2) is 23.1 Å². The fraction of sp³-hybridized carbons (Fsp3) is 0.179. The third kappa shape index (κ3) is 6.89. The highest BCUT2D eigenvalue weighted by Gasteiger charge is 2.15. The van der Waals surface area contributed by atoms with E-state index in [9.17, 15) is 14.0 Å². The Morgan fingerprint density at radius 1 is 0.974 bits per heavy atom. The summed E-state index contributed by atoms with van der Waals surface area (Å²) in [5, 5.41) is 5.26. The summed E-state index contributed by atoms with van der Waals surface area (Å²) >= 11 is 5.72. The van der Waals surface area contributed by atoms with Crippen molar-refractivity contribution in [3.05, 3.63) is 84.3 Å². The number of alkyl halides is 1. The van der Waals surface area contributed by atoms with Crippen molar-refractivity contribution in [3.8, 4) is 23.0 Å². The second-order valence-electron chi connectivity index (χ2n) is 8.13. The van der Waals surface area contributed by atoms with E-state index < -0.39 is 17.8 Å². The number of carbonyl (C=O) groups is 2. The van der Waals surface area contributed by atoms with Crippen LogP contribution in [0, 0.1) is 5.82 Å². The van der Waals surface area contributed by atoms with Crippen molar-refractivity contribution in [2.45, 2.75) is 12.8 Å². The molecule has 4 rings (SSSR count). The molecule has 38 heavy (non-hydrogen) atoms. The molecule has 0 fully saturated rings. The first-order valence-corrected chi connectivity index (χ1v) is 12.3. The molecule has 0 saturated carbocycles. The van der Waals surface area contributed by atoms with E-state index in [1.165, 1.54) is 25.4 Å². The molecule has 0 saturated heterocycles. The summed E-state index contributed by atoms with van der Waals surface area (Å²) in [6, 6.07) is 17.2. The van der Waals surface area contributed by atoms with Gasteiger partial charge in [-0.25, -0.2) is 9.18 Å². The molecule has 1 aromatic heterocycles. The van der Waals surface area contributed by atoms with Crippen LogP contribution in [0.4, 0.5) is 14.9 Å². The van der Waals surface area contributed by atoms with Crippen LogP contribution in [0.3, 0.4) is 0 Å². The average Bonchev–Trinajstić information content (AvgIpc) is 2.90. The van der Waals surface area contributed by atoms with Crippen LogP contribution in [-0.4, -0.2) is 36.5 Å². The number of methoxy groups -OCH3 is 1. The van der Waals surface area contributed by atoms with Crippen molar-refractivity contribution in [2.24, 2.45) is 0 Å². The smallest absolute Gasteiger partial charge is 0.325 e. The van der Waals surface area contributed by atoms with Gasteiger partial charge in [-0.1, -0.05) is 30.3 Å². The zero-order chi connectivity index (χ0) is 26.9. The van der Waals surface area contributed by atoms with Gasteiger partial charge in [-0.2, -0.15) is 0 Å². The van der Waals surface area contributed by atoms with Crippen LogP contribution in [0.1, 0.15) is 12.0 Å². The molecular weight excluding hydrogens is 513 g/mol. The van der Waals surface area contributed by atoms with Crippen molar-refractivity contribution in [1.82, 2.24) is 10.3 Å². The lowest BCUT2D eigenvalue weighted by Gasteiger charge is -2.14. The summed E-state index contributed by atoms with van der Waals surface area (Å²) in [5.41, 5.74) is 1.49. The Balaban J connectivity index is 1.44. The third-order valence-corrected chi connectivity index (χ3v) is 5.66. The maximum absolute atomic E-state index is 14.9. The Kier molecular flexibility index (Phi) is 8.94. The van der Waals surface area contributed by atoms with Crippen molar-refractivity contribution < 1.29 is 28.2 Å². The van der Waals surface area contributed by atoms with E-state index in [0.717, 1.165) is 11.6 Å². The highest BCUT2D eigenvalue weighted by molar-refractivity contribution is 6.17. The second-order valence-corrected chi connectivity index (χ2v) is 8.51. The topological polar surface area (TPSA) is 98.8 Å². The maximum atomic E-state index is 14.9. The zero-order valence-electron chi connectivity index (χ0n) is 20.5. The lowest BCUT2D eigenvalue weighted by molar-refractivity contribution is -0.119. The summed E-state index contributed by atoms with van der Waals surface area (Å²) in [5.74, 6) is 0.547. The van der Waals surface area contributed by atoms with Crippen LogP contribution in [0.5, 0.6) is 23.0 Å². The van der Waals surface area contributed by atoms with Crippen LogP contribution in [0.2, 0.25) is 0 Å². The van der Waals surface area contributed by atoms with E-state index in [0.29, 0.717) is 47.1 Å². The Hall–Kier alpha value is -4.37. The number of aromatic nitrogens is 1. The Morgan fingerprint density at radius 2 is 1.79 bits per heavy atom. The number of anilines is 1. The summed E-state index contributed by atoms with van der Waals surface area (Å²) in [6.07, 6.45) is 2.26. The molecule has 2 N–H and O–H groups in total. The van der Waals surface area contributed by atoms with Gasteiger partial charge in [0.1, 0.15) is 5.75 Å². The fourth-order valence-corrected chi connectivity index (χ4v) is 3.73. The second kappa shape index (κ2) is 12.7. The molecule has 0 unspecified atom stereocenters. The average molecular weight is 538 g/mol. The highest BCUT2D eigenvalue weighted by Crippen LogP contribution is 2.37. The van der Waals surface area contributed by atoms with Crippen LogP contribution in [-0.2, 0) is 11.2 Å². The molecule has 0 atom stereocenters. The first-order valence-electron chi connectivity index (χ1n) is 11.7. The van der Waals surface area contributed by atoms with Crippen LogP contribution < -0.4 is 24.8 Å². The summed E-state index contributed by atoms with van der Waals surface area (Å²) in [7, 11) is 1.52. The monoisotopic (exact) mass is 537 g/mol. The Morgan fingerprint density at radius 3 is 2.53 bits per heavy atom. The van der Waals surface area contributed by atoms with Crippen LogP contribution in [0.15, 0.2) is 72.9 Å². The Bertz CT molecular complexity index is 1440. The van der Waals surface area contributed by atoms with Crippen LogP contribution >= 0.6 is 11.6 Å². The molecule has 3 amide bonds. The van der Waals surface area contributed by atoms with Gasteiger partial charge >= 0.3 is 6.03 Å². The largest absolute Gasteiger partial charge is 0.493 e. The number of urea groups is 1. The number of rotatable bonds is 10. The number of hydrogen-bond acceptors (Lipinski definition) is 6. The molecule has 0 spiro atoms. The number of benzene rings is 3. The third-order valence-electron chi connectivity index (χ3n) is 5.39. The lowest BCUT2D eigenvalue weighted by atomic mass is 10.1. The minimum atomic E-state index is -0.768. The number of imide groups is 1. The van der Waals surface area contributed by atoms with Gasteiger partial charge < -0.3 is 19.5 Å². The van der Waals surface area contributed by atoms with Crippen LogP contribution in [0.25, 0.3) is 10.9 Å². The van der Waals surface area contributed by atoms with Gasteiger partial charge in [0.05, 0.1) is 25.7 Å². The molecule has 4 aromatic rings. The minimum Gasteiger partial charge on any atom is -0.493 e. The number of nitrogens with zero attached hydrogens (tertiary/aromatic N) is 1. The number of ether oxygens (including phenoxy) is 3. The quantitative estimate of drug-likeness (QED) is 0.188. The van der Waals surface area contributed by atoms with E-state index in [2.05, 4.69) is 15.6 Å². The first-order chi connectivity index (χ1) is 18.5. The molecule has 0 radical (unpaired) electrons. The predicted octanol–water partition coefficient (Wildman–Crippen LogP) is 6.07. The highest BCUT2D eigenvalue weighted by atomic mass is 35.5. The van der Waals surface area contributed by atoms with Crippen molar-refractivity contribution in [1.29, 1.82) is 0 Å². The van der Waals surface area contributed by atoms with E-state index in [4.69, 9.17) is 25.8 Å². The van der Waals surface area contributed by atoms with E-state index in [-0.39, 0.29) is 17.9 Å². The molecule has 0 aliphatic heterocycles. The molecule has 0 bridgehead atoms. The van der Waals surface area contributed by atoms with E-state index >= 15 is 0 Å². The SMILES string of the molecule is COc1cc2c(Oc3ccc(NC(=O)NC(=O)Cc4ccccc4)cc3F)ccnc2cc1OCCCCl. The predicted molar refractivity (Wildman–Crippen MR) is 143 cm³/mol. The van der Waals surface area contributed by atoms with Gasteiger partial charge in [0, 0.05) is 35.3 Å². The molecule has 3 aromatic carbocycles. The van der Waals surface area contributed by atoms with Gasteiger partial charge in [-0.05, 0) is 36.2 Å². The normalized spacial score (nSPS) is 10.6. The standard InChI is InChI=1S/C28H25ClFN3O5/c1-36-25-16-20-22(17-26(25)37-13-5-11-29)31-12-10-23(20)38-24-9-8-19(15-21(24)30)32-28(35)33-27(34)14-18-6-3-2-4-7-18/h2-4,6-10,12,15-17H,5,11,13-14H2,1H3,(H2,32,33,34,35). The van der Waals surface area contributed by atoms with Gasteiger partial charge in [0.25, 0.3) is 0 Å². The number of nitrogens with one attached hydrogen (secondary N) is 2. The van der Waals surface area contributed by atoms with E-state index in [1.54, 1.807) is 42.5 Å². The molecule has 0 aliphatic carbocycles. The summed E-state index contributed by atoms with van der Waals surface area (Å²) in [6.45, 7) is 0.423. The number of amides is 3. The molecular formula is C28H25ClFN3O5. The van der Waals surface area contributed by atoms with E-state index in [1.807, 2.05) is 6.07 Å². The lowest BCUT2D eigenvalue weighted by Crippen LogP contribution is -2.35. The number of hydrogen-bond donors (Lipinski definition) is 2. The Labute approximate surface area is 223 Å². The van der Waals surface area contributed by atoms with Gasteiger partial charge in [0.2, 0.25) is 5.91 Å². The van der Waals surface area contributed by atoms with Crippen molar-refractivity contribution in [2.75, 3.05) is 24.9 Å². The van der Waals surface area contributed by atoms with Gasteiger partial charge in [-0.3, -0.25) is 15.1 Å². The number of carbonyl (C=O) groups excluding carboxylic acids is 2. The molecule has 196 valence electrons. The summed E-state index contributed by atoms with van der Waals surface area (Å²) < 4.78 is 31.9. The number of halogens is 2. The maximum Gasteiger partial charge on any atom is 0.325 e. The molecule has 8 nitrogen and oxygen atoms in total. The van der Waals surface area contributed by atoms with Crippen molar-refractivity contribution in [3.63, 3.8) is 0 Å². The molecule has 10 heteroatoms. The fourth-order valence-electron chi connectivity index (χ4n) is 3.62. The number of pyridine rings is 1. The van der Waals surface area contributed by atoms with Crippen molar-refractivity contribution >= 4 is 40.1 Å². The number of fused-ring (bicyclic) bond motifs is 1.